The van der Waals surface area contributed by atoms with Crippen LogP contribution in [-0.2, 0) is 47.6 Å². The van der Waals surface area contributed by atoms with E-state index in [1.54, 1.807) is 0 Å². The largest absolute Gasteiger partial charge is 0.481 e. The van der Waals surface area contributed by atoms with Gasteiger partial charge in [0.1, 0.15) is 49.4 Å². The van der Waals surface area contributed by atoms with E-state index >= 15 is 0 Å². The average molecular weight is 793 g/mol. The summed E-state index contributed by atoms with van der Waals surface area (Å²) in [6.07, 6.45) is 0. The molecule has 14 nitrogen and oxygen atoms in total. The van der Waals surface area contributed by atoms with Crippen molar-refractivity contribution < 1.29 is 66.5 Å². The van der Waals surface area contributed by atoms with Crippen LogP contribution in [0.5, 0.6) is 23.0 Å². The van der Waals surface area contributed by atoms with Crippen molar-refractivity contribution in [1.29, 1.82) is 0 Å². The molecule has 0 spiro atoms. The van der Waals surface area contributed by atoms with Crippen molar-refractivity contribution in [2.24, 2.45) is 0 Å². The van der Waals surface area contributed by atoms with Gasteiger partial charge < -0.3 is 47.4 Å². The smallest absolute Gasteiger partial charge is 0.344 e. The van der Waals surface area contributed by atoms with Crippen molar-refractivity contribution in [2.45, 2.75) is 0 Å². The fourth-order valence-electron chi connectivity index (χ4n) is 6.47. The quantitative estimate of drug-likeness (QED) is 0.104. The van der Waals surface area contributed by atoms with Gasteiger partial charge in [0.15, 0.2) is 26.4 Å². The van der Waals surface area contributed by atoms with Crippen LogP contribution in [-0.4, -0.2) is 103 Å². The summed E-state index contributed by atoms with van der Waals surface area (Å²) >= 11 is 0. The van der Waals surface area contributed by atoms with E-state index < -0.39 is 23.9 Å². The molecular weight excluding hydrogens is 752 g/mol. The summed E-state index contributed by atoms with van der Waals surface area (Å²) < 4.78 is 56.4. The molecule has 7 rings (SSSR count). The first-order chi connectivity index (χ1) is 28.5. The number of benzene rings is 6. The summed E-state index contributed by atoms with van der Waals surface area (Å²) in [6.45, 7) is -1.40. The van der Waals surface area contributed by atoms with Crippen LogP contribution in [0.25, 0.3) is 43.1 Å². The molecule has 300 valence electrons. The summed E-state index contributed by atoms with van der Waals surface area (Å²) in [6, 6.07) is 29.3. The minimum Gasteiger partial charge on any atom is -0.481 e. The first-order valence-corrected chi connectivity index (χ1v) is 18.6. The molecule has 1 heterocycles. The van der Waals surface area contributed by atoms with Gasteiger partial charge in [-0.1, -0.05) is 97.1 Å². The van der Waals surface area contributed by atoms with Crippen molar-refractivity contribution >= 4 is 67.0 Å². The van der Waals surface area contributed by atoms with Crippen molar-refractivity contribution in [3.63, 3.8) is 0 Å². The molecule has 6 aromatic carbocycles. The normalized spacial score (nSPS) is 16.6. The maximum Gasteiger partial charge on any atom is 0.344 e. The van der Waals surface area contributed by atoms with E-state index in [4.69, 9.17) is 47.4 Å². The van der Waals surface area contributed by atoms with Gasteiger partial charge in [-0.2, -0.15) is 0 Å². The van der Waals surface area contributed by atoms with E-state index in [1.165, 1.54) is 0 Å². The zero-order valence-electron chi connectivity index (χ0n) is 31.4. The molecule has 0 atom stereocenters. The second kappa shape index (κ2) is 19.5. The van der Waals surface area contributed by atoms with Crippen LogP contribution in [0, 0.1) is 0 Å². The van der Waals surface area contributed by atoms with Crippen molar-refractivity contribution in [3.05, 3.63) is 97.1 Å². The third-order valence-electron chi connectivity index (χ3n) is 8.97. The van der Waals surface area contributed by atoms with Crippen LogP contribution in [0.15, 0.2) is 97.1 Å². The maximum atomic E-state index is 12.7. The number of hydrogen-bond acceptors (Lipinski definition) is 14. The molecule has 0 saturated carbocycles. The number of carbonyl (C=O) groups is 4. The summed E-state index contributed by atoms with van der Waals surface area (Å²) in [5.41, 5.74) is 0. The zero-order valence-corrected chi connectivity index (χ0v) is 31.4. The Morgan fingerprint density at radius 2 is 0.448 bits per heavy atom. The predicted octanol–water partition coefficient (Wildman–Crippen LogP) is 5.73. The Bertz CT molecular complexity index is 1980. The number of cyclic esters (lactones) is 4. The Balaban J connectivity index is 1.03. The molecule has 14 heteroatoms. The van der Waals surface area contributed by atoms with Gasteiger partial charge in [-0.3, -0.25) is 0 Å². The van der Waals surface area contributed by atoms with Gasteiger partial charge in [0.2, 0.25) is 0 Å². The monoisotopic (exact) mass is 792 g/mol. The number of hydrogen-bond donors (Lipinski definition) is 0. The van der Waals surface area contributed by atoms with Crippen LogP contribution in [0.2, 0.25) is 0 Å². The highest BCUT2D eigenvalue weighted by Gasteiger charge is 2.20. The molecule has 58 heavy (non-hydrogen) atoms. The fraction of sp³-hybridized carbons (Fsp3) is 0.273. The molecule has 4 bridgehead atoms. The van der Waals surface area contributed by atoms with Gasteiger partial charge in [0.05, 0.1) is 26.4 Å². The third kappa shape index (κ3) is 9.65. The van der Waals surface area contributed by atoms with Crippen molar-refractivity contribution in [1.82, 2.24) is 0 Å². The molecule has 0 saturated heterocycles. The number of ether oxygens (including phenoxy) is 10. The summed E-state index contributed by atoms with van der Waals surface area (Å²) in [4.78, 5) is 50.7. The Morgan fingerprint density at radius 3 is 0.638 bits per heavy atom. The van der Waals surface area contributed by atoms with Crippen LogP contribution in [0.3, 0.4) is 0 Å². The summed E-state index contributed by atoms with van der Waals surface area (Å²) in [5.74, 6) is -0.625. The molecule has 1 aliphatic heterocycles. The van der Waals surface area contributed by atoms with Crippen molar-refractivity contribution in [2.75, 3.05) is 79.3 Å². The van der Waals surface area contributed by atoms with Crippen molar-refractivity contribution in [3.8, 4) is 23.0 Å². The summed E-state index contributed by atoms with van der Waals surface area (Å²) in [7, 11) is 0. The zero-order chi connectivity index (χ0) is 40.1. The molecule has 0 N–H and O–H groups in total. The summed E-state index contributed by atoms with van der Waals surface area (Å²) in [5, 5.41) is 5.32. The third-order valence-corrected chi connectivity index (χ3v) is 8.97. The van der Waals surface area contributed by atoms with Gasteiger partial charge in [-0.25, -0.2) is 19.2 Å². The van der Waals surface area contributed by atoms with E-state index in [0.29, 0.717) is 66.1 Å². The van der Waals surface area contributed by atoms with E-state index in [1.807, 2.05) is 97.1 Å². The topological polar surface area (TPSA) is 161 Å². The van der Waals surface area contributed by atoms with Gasteiger partial charge >= 0.3 is 23.9 Å². The lowest BCUT2D eigenvalue weighted by Crippen LogP contribution is -2.20. The second-order valence-electron chi connectivity index (χ2n) is 12.8. The number of esters is 4. The molecule has 0 fully saturated rings. The van der Waals surface area contributed by atoms with Crippen LogP contribution in [0.1, 0.15) is 0 Å². The first-order valence-electron chi connectivity index (χ1n) is 18.6. The Morgan fingerprint density at radius 1 is 0.259 bits per heavy atom. The lowest BCUT2D eigenvalue weighted by molar-refractivity contribution is -0.150. The van der Waals surface area contributed by atoms with Crippen LogP contribution >= 0.6 is 0 Å². The number of carbonyl (C=O) groups excluding carboxylic acids is 4. The van der Waals surface area contributed by atoms with Gasteiger partial charge in [-0.05, 0) is 0 Å². The highest BCUT2D eigenvalue weighted by Crippen LogP contribution is 2.44. The maximum absolute atomic E-state index is 12.7. The SMILES string of the molecule is O=C1COc2c3ccccc3c(c3ccccc23)OCC(=O)OCCOCCOC(=O)COc2c3ccccc3c(c3ccccc23)OCC(=O)OCCOCCO1. The lowest BCUT2D eigenvalue weighted by Gasteiger charge is -2.17. The molecule has 0 aromatic heterocycles. The molecule has 1 aliphatic rings. The standard InChI is InChI=1S/C44H40O14/c45-37-25-55-41-29-9-1-2-10-30(29)42(32-12-4-3-11-31(32)41)56-26-38(46)52-22-18-50-20-24-54-40(48)28-58-44-35-15-7-5-13-33(35)43(34-14-6-8-16-36(34)44)57-27-39(47)53-23-19-49-17-21-51-37/h1-16H,17-28H2. The van der Waals surface area contributed by atoms with Gasteiger partial charge in [-0.15, -0.1) is 0 Å². The number of rotatable bonds is 0. The highest BCUT2D eigenvalue weighted by atomic mass is 16.6. The Hall–Kier alpha value is -6.64. The average Bonchev–Trinajstić information content (AvgIpc) is 3.24. The van der Waals surface area contributed by atoms with Crippen LogP contribution < -0.4 is 18.9 Å². The Kier molecular flexibility index (Phi) is 13.3. The van der Waals surface area contributed by atoms with Gasteiger partial charge in [0.25, 0.3) is 0 Å². The first kappa shape index (κ1) is 39.6. The second-order valence-corrected chi connectivity index (χ2v) is 12.8. The Labute approximate surface area is 332 Å². The van der Waals surface area contributed by atoms with E-state index in [2.05, 4.69) is 0 Å². The van der Waals surface area contributed by atoms with E-state index in [0.717, 1.165) is 0 Å². The van der Waals surface area contributed by atoms with E-state index in [-0.39, 0.29) is 79.3 Å². The minimum absolute atomic E-state index is 0.0448. The molecular formula is C44H40O14. The highest BCUT2D eigenvalue weighted by molar-refractivity contribution is 6.12. The van der Waals surface area contributed by atoms with Gasteiger partial charge in [0, 0.05) is 43.1 Å². The number of fused-ring (bicyclic) bond motifs is 6. The lowest BCUT2D eigenvalue weighted by atomic mass is 10.0. The fourth-order valence-corrected chi connectivity index (χ4v) is 6.47. The minimum atomic E-state index is -0.606. The molecule has 0 unspecified atom stereocenters. The molecule has 0 radical (unpaired) electrons. The molecule has 6 aromatic rings. The molecule has 0 aliphatic carbocycles. The van der Waals surface area contributed by atoms with E-state index in [9.17, 15) is 19.2 Å². The van der Waals surface area contributed by atoms with Crippen LogP contribution in [0.4, 0.5) is 0 Å². The predicted molar refractivity (Wildman–Crippen MR) is 210 cm³/mol. The molecule has 0 amide bonds.